The number of carbonyl (C=O) groups is 1. The maximum atomic E-state index is 11.8. The summed E-state index contributed by atoms with van der Waals surface area (Å²) in [6.07, 6.45) is 1.30. The molecule has 0 aliphatic rings. The number of nitrogens with zero attached hydrogens (tertiary/aromatic N) is 1. The quantitative estimate of drug-likeness (QED) is 0.509. The van der Waals surface area contributed by atoms with Gasteiger partial charge in [-0.1, -0.05) is 17.7 Å². The maximum Gasteiger partial charge on any atom is 0.340 e. The highest BCUT2D eigenvalue weighted by Gasteiger charge is 2.17. The lowest BCUT2D eigenvalue weighted by molar-refractivity contribution is 0.0492. The van der Waals surface area contributed by atoms with E-state index in [1.54, 1.807) is 18.2 Å². The van der Waals surface area contributed by atoms with Crippen LogP contribution in [0.5, 0.6) is 0 Å². The molecular formula is C14H17ClN2O2. The first kappa shape index (κ1) is 15.3. The van der Waals surface area contributed by atoms with Crippen LogP contribution >= 0.6 is 11.6 Å². The van der Waals surface area contributed by atoms with Gasteiger partial charge < -0.3 is 10.5 Å². The SMILES string of the molecule is CC(C)(C#N)CCCOC(=O)c1cccc(Cl)c1N. The summed E-state index contributed by atoms with van der Waals surface area (Å²) in [5.74, 6) is -0.491. The predicted octanol–water partition coefficient (Wildman–Crippen LogP) is 3.41. The van der Waals surface area contributed by atoms with Gasteiger partial charge in [0, 0.05) is 0 Å². The van der Waals surface area contributed by atoms with Crippen molar-refractivity contribution in [1.82, 2.24) is 0 Å². The van der Waals surface area contributed by atoms with Crippen LogP contribution in [-0.4, -0.2) is 12.6 Å². The number of ether oxygens (including phenoxy) is 1. The van der Waals surface area contributed by atoms with Crippen LogP contribution in [0.2, 0.25) is 5.02 Å². The van der Waals surface area contributed by atoms with Crippen molar-refractivity contribution in [3.05, 3.63) is 28.8 Å². The van der Waals surface area contributed by atoms with E-state index in [0.29, 0.717) is 17.9 Å². The summed E-state index contributed by atoms with van der Waals surface area (Å²) in [4.78, 5) is 11.8. The van der Waals surface area contributed by atoms with Gasteiger partial charge in [-0.05, 0) is 38.8 Å². The number of benzene rings is 1. The number of halogens is 1. The van der Waals surface area contributed by atoms with Crippen molar-refractivity contribution < 1.29 is 9.53 Å². The second-order valence-corrected chi connectivity index (χ2v) is 5.34. The molecule has 102 valence electrons. The van der Waals surface area contributed by atoms with Gasteiger partial charge in [-0.15, -0.1) is 0 Å². The molecule has 0 unspecified atom stereocenters. The summed E-state index contributed by atoms with van der Waals surface area (Å²) >= 11 is 5.83. The molecule has 0 aromatic heterocycles. The van der Waals surface area contributed by atoms with Crippen molar-refractivity contribution in [2.75, 3.05) is 12.3 Å². The first-order chi connectivity index (χ1) is 8.87. The third-order valence-electron chi connectivity index (χ3n) is 2.75. The minimum Gasteiger partial charge on any atom is -0.462 e. The number of rotatable bonds is 5. The Bertz CT molecular complexity index is 507. The van der Waals surface area contributed by atoms with Gasteiger partial charge in [-0.2, -0.15) is 5.26 Å². The number of nitrogen functional groups attached to an aromatic ring is 1. The molecule has 0 spiro atoms. The molecule has 0 amide bonds. The lowest BCUT2D eigenvalue weighted by Gasteiger charge is -2.14. The number of carbonyl (C=O) groups excluding carboxylic acids is 1. The molecule has 2 N–H and O–H groups in total. The summed E-state index contributed by atoms with van der Waals surface area (Å²) in [5, 5.41) is 9.19. The molecule has 4 nitrogen and oxygen atoms in total. The molecule has 0 heterocycles. The van der Waals surface area contributed by atoms with E-state index in [1.165, 1.54) is 0 Å². The van der Waals surface area contributed by atoms with Gasteiger partial charge in [0.1, 0.15) is 0 Å². The van der Waals surface area contributed by atoms with Crippen molar-refractivity contribution in [1.29, 1.82) is 5.26 Å². The molecule has 0 atom stereocenters. The first-order valence-corrected chi connectivity index (χ1v) is 6.37. The van der Waals surface area contributed by atoms with Crippen LogP contribution in [0.1, 0.15) is 37.0 Å². The number of anilines is 1. The Hall–Kier alpha value is -1.73. The Kier molecular flexibility index (Phi) is 5.20. The van der Waals surface area contributed by atoms with Crippen molar-refractivity contribution in [3.63, 3.8) is 0 Å². The zero-order chi connectivity index (χ0) is 14.5. The molecule has 0 fully saturated rings. The van der Waals surface area contributed by atoms with E-state index in [-0.39, 0.29) is 17.9 Å². The Morgan fingerprint density at radius 2 is 2.21 bits per heavy atom. The largest absolute Gasteiger partial charge is 0.462 e. The predicted molar refractivity (Wildman–Crippen MR) is 74.8 cm³/mol. The van der Waals surface area contributed by atoms with Gasteiger partial charge in [0.15, 0.2) is 0 Å². The fraction of sp³-hybridized carbons (Fsp3) is 0.429. The minimum atomic E-state index is -0.491. The molecule has 19 heavy (non-hydrogen) atoms. The number of hydrogen-bond donors (Lipinski definition) is 1. The molecule has 0 saturated carbocycles. The third-order valence-corrected chi connectivity index (χ3v) is 3.08. The topological polar surface area (TPSA) is 76.1 Å². The first-order valence-electron chi connectivity index (χ1n) is 6.00. The molecule has 0 aliphatic carbocycles. The minimum absolute atomic E-state index is 0.228. The van der Waals surface area contributed by atoms with Crippen LogP contribution in [0.4, 0.5) is 5.69 Å². The molecule has 0 radical (unpaired) electrons. The van der Waals surface area contributed by atoms with E-state index in [9.17, 15) is 4.79 Å². The highest BCUT2D eigenvalue weighted by atomic mass is 35.5. The van der Waals surface area contributed by atoms with Crippen molar-refractivity contribution >= 4 is 23.3 Å². The second kappa shape index (κ2) is 6.44. The van der Waals surface area contributed by atoms with Gasteiger partial charge in [0.25, 0.3) is 0 Å². The van der Waals surface area contributed by atoms with Crippen molar-refractivity contribution in [3.8, 4) is 6.07 Å². The summed E-state index contributed by atoms with van der Waals surface area (Å²) < 4.78 is 5.12. The fourth-order valence-electron chi connectivity index (χ4n) is 1.53. The van der Waals surface area contributed by atoms with Crippen LogP contribution in [0, 0.1) is 16.7 Å². The highest BCUT2D eigenvalue weighted by Crippen LogP contribution is 2.24. The smallest absolute Gasteiger partial charge is 0.340 e. The molecular weight excluding hydrogens is 264 g/mol. The number of para-hydroxylation sites is 1. The van der Waals surface area contributed by atoms with Gasteiger partial charge in [-0.25, -0.2) is 4.79 Å². The Morgan fingerprint density at radius 1 is 1.53 bits per heavy atom. The van der Waals surface area contributed by atoms with Crippen molar-refractivity contribution in [2.24, 2.45) is 5.41 Å². The Morgan fingerprint density at radius 3 is 2.84 bits per heavy atom. The average molecular weight is 281 g/mol. The van der Waals surface area contributed by atoms with E-state index in [1.807, 2.05) is 13.8 Å². The van der Waals surface area contributed by atoms with Crippen LogP contribution < -0.4 is 5.73 Å². The number of nitrogens with two attached hydrogens (primary N) is 1. The van der Waals surface area contributed by atoms with Crippen LogP contribution in [0.15, 0.2) is 18.2 Å². The normalized spacial score (nSPS) is 10.8. The van der Waals surface area contributed by atoms with Crippen LogP contribution in [-0.2, 0) is 4.74 Å². The highest BCUT2D eigenvalue weighted by molar-refractivity contribution is 6.33. The lowest BCUT2D eigenvalue weighted by Crippen LogP contribution is -2.12. The standard InChI is InChI=1S/C14H17ClN2O2/c1-14(2,9-16)7-4-8-19-13(18)10-5-3-6-11(15)12(10)17/h3,5-6H,4,7-8,17H2,1-2H3. The van der Waals surface area contributed by atoms with Gasteiger partial charge in [0.2, 0.25) is 0 Å². The zero-order valence-corrected chi connectivity index (χ0v) is 11.8. The lowest BCUT2D eigenvalue weighted by atomic mass is 9.90. The van der Waals surface area contributed by atoms with Crippen molar-refractivity contribution in [2.45, 2.75) is 26.7 Å². The molecule has 0 aliphatic heterocycles. The van der Waals surface area contributed by atoms with Gasteiger partial charge in [0.05, 0.1) is 34.4 Å². The molecule has 1 rings (SSSR count). The van der Waals surface area contributed by atoms with E-state index in [2.05, 4.69) is 6.07 Å². The number of nitriles is 1. The molecule has 1 aromatic rings. The average Bonchev–Trinajstić information content (AvgIpc) is 2.37. The van der Waals surface area contributed by atoms with E-state index < -0.39 is 11.4 Å². The molecule has 5 heteroatoms. The van der Waals surface area contributed by atoms with E-state index in [4.69, 9.17) is 27.3 Å². The molecule has 0 saturated heterocycles. The molecule has 1 aromatic carbocycles. The zero-order valence-electron chi connectivity index (χ0n) is 11.1. The number of esters is 1. The Labute approximate surface area is 118 Å². The molecule has 0 bridgehead atoms. The van der Waals surface area contributed by atoms with E-state index >= 15 is 0 Å². The van der Waals surface area contributed by atoms with Gasteiger partial charge in [-0.3, -0.25) is 0 Å². The maximum absolute atomic E-state index is 11.8. The third kappa shape index (κ3) is 4.46. The second-order valence-electron chi connectivity index (χ2n) is 4.94. The Balaban J connectivity index is 2.49. The van der Waals surface area contributed by atoms with Crippen LogP contribution in [0.25, 0.3) is 0 Å². The summed E-state index contributed by atoms with van der Waals surface area (Å²) in [5.41, 5.74) is 5.80. The van der Waals surface area contributed by atoms with E-state index in [0.717, 1.165) is 0 Å². The summed E-state index contributed by atoms with van der Waals surface area (Å²) in [7, 11) is 0. The van der Waals surface area contributed by atoms with Crippen LogP contribution in [0.3, 0.4) is 0 Å². The number of hydrogen-bond acceptors (Lipinski definition) is 4. The summed E-state index contributed by atoms with van der Waals surface area (Å²) in [6.45, 7) is 3.96. The van der Waals surface area contributed by atoms with Gasteiger partial charge >= 0.3 is 5.97 Å². The summed E-state index contributed by atoms with van der Waals surface area (Å²) in [6, 6.07) is 7.03. The monoisotopic (exact) mass is 280 g/mol. The fourth-order valence-corrected chi connectivity index (χ4v) is 1.70.